The second-order valence-electron chi connectivity index (χ2n) is 4.27. The summed E-state index contributed by atoms with van der Waals surface area (Å²) in [6.45, 7) is 1.59. The highest BCUT2D eigenvalue weighted by molar-refractivity contribution is 5.54. The minimum absolute atomic E-state index is 0.288. The summed E-state index contributed by atoms with van der Waals surface area (Å²) >= 11 is 0. The Morgan fingerprint density at radius 2 is 1.47 bits per heavy atom. The van der Waals surface area contributed by atoms with E-state index in [1.807, 2.05) is 12.1 Å². The molecule has 19 heavy (non-hydrogen) atoms. The van der Waals surface area contributed by atoms with Crippen LogP contribution in [0.2, 0.25) is 0 Å². The number of hydrogen-bond acceptors (Lipinski definition) is 5. The number of benzene rings is 1. The van der Waals surface area contributed by atoms with Crippen LogP contribution in [0.15, 0.2) is 12.1 Å². The molecule has 0 saturated carbocycles. The highest BCUT2D eigenvalue weighted by Gasteiger charge is 2.25. The fraction of sp³-hybridized carbons (Fsp3) is 0.429. The normalized spacial score (nSPS) is 10.2. The Labute approximate surface area is 112 Å². The van der Waals surface area contributed by atoms with Crippen LogP contribution in [0.5, 0.6) is 17.2 Å². The predicted molar refractivity (Wildman–Crippen MR) is 69.1 cm³/mol. The molecule has 0 amide bonds. The van der Waals surface area contributed by atoms with Crippen LogP contribution < -0.4 is 14.2 Å². The standard InChI is InChI=1S/C14H16N2O3/c1-14(8-15,9-16)7-10-5-11(17-2)13(19-4)12(6-10)18-3/h5-6H,7H2,1-4H3. The Morgan fingerprint density at radius 1 is 1.00 bits per heavy atom. The second-order valence-corrected chi connectivity index (χ2v) is 4.27. The van der Waals surface area contributed by atoms with Crippen LogP contribution in [0.3, 0.4) is 0 Å². The van der Waals surface area contributed by atoms with Crippen molar-refractivity contribution in [2.75, 3.05) is 21.3 Å². The molecule has 0 aromatic heterocycles. The fourth-order valence-electron chi connectivity index (χ4n) is 1.75. The molecule has 5 nitrogen and oxygen atoms in total. The second kappa shape index (κ2) is 5.97. The van der Waals surface area contributed by atoms with Gasteiger partial charge in [-0.25, -0.2) is 0 Å². The number of nitrogens with zero attached hydrogens (tertiary/aromatic N) is 2. The summed E-state index contributed by atoms with van der Waals surface area (Å²) in [6.07, 6.45) is 0.288. The van der Waals surface area contributed by atoms with Gasteiger partial charge in [0.15, 0.2) is 11.5 Å². The molecule has 1 rings (SSSR count). The topological polar surface area (TPSA) is 75.3 Å². The Morgan fingerprint density at radius 3 is 1.79 bits per heavy atom. The van der Waals surface area contributed by atoms with E-state index in [0.717, 1.165) is 5.56 Å². The zero-order valence-corrected chi connectivity index (χ0v) is 11.5. The van der Waals surface area contributed by atoms with Crippen molar-refractivity contribution < 1.29 is 14.2 Å². The van der Waals surface area contributed by atoms with Gasteiger partial charge in [0, 0.05) is 6.42 Å². The van der Waals surface area contributed by atoms with Crippen LogP contribution in [0.1, 0.15) is 12.5 Å². The van der Waals surface area contributed by atoms with Crippen molar-refractivity contribution >= 4 is 0 Å². The van der Waals surface area contributed by atoms with Gasteiger partial charge in [-0.1, -0.05) is 0 Å². The SMILES string of the molecule is COc1cc(CC(C)(C#N)C#N)cc(OC)c1OC. The number of ether oxygens (including phenoxy) is 3. The Hall–Kier alpha value is -2.40. The minimum atomic E-state index is -1.08. The van der Waals surface area contributed by atoms with Gasteiger partial charge in [-0.05, 0) is 24.6 Å². The van der Waals surface area contributed by atoms with E-state index in [2.05, 4.69) is 0 Å². The Balaban J connectivity index is 3.25. The zero-order chi connectivity index (χ0) is 14.5. The maximum absolute atomic E-state index is 9.04. The molecular formula is C14H16N2O3. The first-order valence-corrected chi connectivity index (χ1v) is 5.65. The van der Waals surface area contributed by atoms with Crippen molar-refractivity contribution in [3.8, 4) is 29.4 Å². The summed E-state index contributed by atoms with van der Waals surface area (Å²) in [4.78, 5) is 0. The van der Waals surface area contributed by atoms with Gasteiger partial charge in [-0.15, -0.1) is 0 Å². The zero-order valence-electron chi connectivity index (χ0n) is 11.5. The lowest BCUT2D eigenvalue weighted by molar-refractivity contribution is 0.323. The van der Waals surface area contributed by atoms with Crippen LogP contribution in [-0.4, -0.2) is 21.3 Å². The molecule has 0 heterocycles. The highest BCUT2D eigenvalue weighted by atomic mass is 16.5. The van der Waals surface area contributed by atoms with Crippen LogP contribution in [0.4, 0.5) is 0 Å². The summed E-state index contributed by atoms with van der Waals surface area (Å²) in [5.74, 6) is 1.51. The molecule has 0 spiro atoms. The molecule has 100 valence electrons. The summed E-state index contributed by atoms with van der Waals surface area (Å²) in [6, 6.07) is 7.50. The monoisotopic (exact) mass is 260 g/mol. The molecule has 0 bridgehead atoms. The maximum Gasteiger partial charge on any atom is 0.203 e. The minimum Gasteiger partial charge on any atom is -0.493 e. The van der Waals surface area contributed by atoms with Gasteiger partial charge in [0.25, 0.3) is 0 Å². The average Bonchev–Trinajstić information content (AvgIpc) is 2.45. The van der Waals surface area contributed by atoms with Crippen LogP contribution in [-0.2, 0) is 6.42 Å². The molecule has 0 aliphatic rings. The molecule has 0 N–H and O–H groups in total. The molecular weight excluding hydrogens is 244 g/mol. The van der Waals surface area contributed by atoms with E-state index in [4.69, 9.17) is 24.7 Å². The van der Waals surface area contributed by atoms with E-state index in [1.165, 1.54) is 21.3 Å². The fourth-order valence-corrected chi connectivity index (χ4v) is 1.75. The third-order valence-corrected chi connectivity index (χ3v) is 2.78. The van der Waals surface area contributed by atoms with E-state index in [9.17, 15) is 0 Å². The molecule has 1 aromatic carbocycles. The van der Waals surface area contributed by atoms with Gasteiger partial charge in [0.1, 0.15) is 5.41 Å². The van der Waals surface area contributed by atoms with E-state index in [-0.39, 0.29) is 6.42 Å². The highest BCUT2D eigenvalue weighted by Crippen LogP contribution is 2.39. The van der Waals surface area contributed by atoms with Crippen LogP contribution in [0.25, 0.3) is 0 Å². The maximum atomic E-state index is 9.04. The van der Waals surface area contributed by atoms with E-state index < -0.39 is 5.41 Å². The van der Waals surface area contributed by atoms with E-state index in [1.54, 1.807) is 19.1 Å². The van der Waals surface area contributed by atoms with Crippen molar-refractivity contribution in [2.24, 2.45) is 5.41 Å². The van der Waals surface area contributed by atoms with Gasteiger partial charge in [-0.3, -0.25) is 0 Å². The van der Waals surface area contributed by atoms with Gasteiger partial charge in [-0.2, -0.15) is 10.5 Å². The lowest BCUT2D eigenvalue weighted by atomic mass is 9.86. The predicted octanol–water partition coefficient (Wildman–Crippen LogP) is 2.31. The first kappa shape index (κ1) is 14.7. The van der Waals surface area contributed by atoms with Gasteiger partial charge in [0.05, 0.1) is 33.5 Å². The molecule has 0 atom stereocenters. The van der Waals surface area contributed by atoms with E-state index in [0.29, 0.717) is 17.2 Å². The number of methoxy groups -OCH3 is 3. The van der Waals surface area contributed by atoms with Gasteiger partial charge < -0.3 is 14.2 Å². The number of nitriles is 2. The quantitative estimate of drug-likeness (QED) is 0.812. The number of rotatable bonds is 5. The Bertz CT molecular complexity index is 502. The summed E-state index contributed by atoms with van der Waals surface area (Å²) in [5, 5.41) is 18.1. The molecule has 0 radical (unpaired) electrons. The molecule has 0 aliphatic carbocycles. The van der Waals surface area contributed by atoms with Crippen molar-refractivity contribution in [1.29, 1.82) is 10.5 Å². The summed E-state index contributed by atoms with van der Waals surface area (Å²) in [7, 11) is 4.57. The molecule has 0 saturated heterocycles. The van der Waals surface area contributed by atoms with Gasteiger partial charge in [0.2, 0.25) is 5.75 Å². The lowest BCUT2D eigenvalue weighted by Gasteiger charge is -2.17. The van der Waals surface area contributed by atoms with Crippen molar-refractivity contribution in [3.05, 3.63) is 17.7 Å². The largest absolute Gasteiger partial charge is 0.493 e. The third kappa shape index (κ3) is 3.08. The lowest BCUT2D eigenvalue weighted by Crippen LogP contribution is -2.14. The van der Waals surface area contributed by atoms with Crippen LogP contribution >= 0.6 is 0 Å². The summed E-state index contributed by atoms with van der Waals surface area (Å²) in [5.41, 5.74) is -0.301. The Kier molecular flexibility index (Phi) is 4.61. The molecule has 0 aliphatic heterocycles. The molecule has 0 fully saturated rings. The number of hydrogen-bond donors (Lipinski definition) is 0. The first-order chi connectivity index (χ1) is 9.03. The molecule has 5 heteroatoms. The van der Waals surface area contributed by atoms with Crippen molar-refractivity contribution in [3.63, 3.8) is 0 Å². The third-order valence-electron chi connectivity index (χ3n) is 2.78. The average molecular weight is 260 g/mol. The van der Waals surface area contributed by atoms with Crippen molar-refractivity contribution in [2.45, 2.75) is 13.3 Å². The van der Waals surface area contributed by atoms with E-state index >= 15 is 0 Å². The molecule has 0 unspecified atom stereocenters. The van der Waals surface area contributed by atoms with Gasteiger partial charge >= 0.3 is 0 Å². The molecule has 1 aromatic rings. The first-order valence-electron chi connectivity index (χ1n) is 5.65. The smallest absolute Gasteiger partial charge is 0.203 e. The summed E-state index contributed by atoms with van der Waals surface area (Å²) < 4.78 is 15.7. The van der Waals surface area contributed by atoms with Crippen LogP contribution in [0, 0.1) is 28.1 Å². The van der Waals surface area contributed by atoms with Crippen molar-refractivity contribution in [1.82, 2.24) is 0 Å².